The van der Waals surface area contributed by atoms with Crippen molar-refractivity contribution >= 4 is 0 Å². The van der Waals surface area contributed by atoms with Crippen molar-refractivity contribution in [3.05, 3.63) is 48.0 Å². The zero-order chi connectivity index (χ0) is 17.6. The molecule has 1 aliphatic rings. The van der Waals surface area contributed by atoms with Crippen molar-refractivity contribution in [2.45, 2.75) is 32.6 Å². The lowest BCUT2D eigenvalue weighted by atomic mass is 9.88. The van der Waals surface area contributed by atoms with Crippen molar-refractivity contribution in [3.63, 3.8) is 0 Å². The normalized spacial score (nSPS) is 14.8. The average Bonchev–Trinajstić information content (AvgIpc) is 3.12. The van der Waals surface area contributed by atoms with Crippen LogP contribution in [0.5, 0.6) is 23.0 Å². The summed E-state index contributed by atoms with van der Waals surface area (Å²) in [5.74, 6) is 4.18. The number of rotatable bonds is 8. The number of methoxy groups -OCH3 is 1. The predicted molar refractivity (Wildman–Crippen MR) is 97.9 cm³/mol. The monoisotopic (exact) mass is 342 g/mol. The lowest BCUT2D eigenvalue weighted by Crippen LogP contribution is -2.13. The molecule has 0 fully saturated rings. The summed E-state index contributed by atoms with van der Waals surface area (Å²) in [4.78, 5) is 0. The summed E-state index contributed by atoms with van der Waals surface area (Å²) in [6.45, 7) is 5.44. The van der Waals surface area contributed by atoms with Gasteiger partial charge in [0.05, 0.1) is 13.7 Å². The Kier molecular flexibility index (Phi) is 5.69. The lowest BCUT2D eigenvalue weighted by Gasteiger charge is -2.21. The van der Waals surface area contributed by atoms with Crippen LogP contribution in [0.25, 0.3) is 0 Å². The summed E-state index contributed by atoms with van der Waals surface area (Å²) in [6, 6.07) is 14.0. The largest absolute Gasteiger partial charge is 0.493 e. The maximum Gasteiger partial charge on any atom is 0.231 e. The molecule has 3 rings (SSSR count). The third-order valence-electron chi connectivity index (χ3n) is 4.64. The molecule has 0 saturated carbocycles. The Hall–Kier alpha value is -2.36. The number of hydrogen-bond acceptors (Lipinski definition) is 4. The van der Waals surface area contributed by atoms with E-state index >= 15 is 0 Å². The van der Waals surface area contributed by atoms with Crippen molar-refractivity contribution in [1.29, 1.82) is 0 Å². The quantitative estimate of drug-likeness (QED) is 0.675. The highest BCUT2D eigenvalue weighted by Gasteiger charge is 2.19. The van der Waals surface area contributed by atoms with Crippen LogP contribution in [0.15, 0.2) is 42.5 Å². The summed E-state index contributed by atoms with van der Waals surface area (Å²) in [6.07, 6.45) is 2.14. The van der Waals surface area contributed by atoms with E-state index in [0.717, 1.165) is 35.8 Å². The molecule has 4 nitrogen and oxygen atoms in total. The van der Waals surface area contributed by atoms with Gasteiger partial charge in [0, 0.05) is 0 Å². The first-order valence-electron chi connectivity index (χ1n) is 8.86. The SMILES string of the molecule is CCC(CC(C)COc1ccccc1OC)c1ccc2c(c1)OCO2. The second-order valence-electron chi connectivity index (χ2n) is 6.52. The van der Waals surface area contributed by atoms with Crippen molar-refractivity contribution < 1.29 is 18.9 Å². The molecule has 2 atom stereocenters. The minimum atomic E-state index is 0.318. The Morgan fingerprint density at radius 2 is 1.80 bits per heavy atom. The molecule has 0 bridgehead atoms. The first kappa shape index (κ1) is 17.5. The molecule has 1 aliphatic heterocycles. The number of hydrogen-bond donors (Lipinski definition) is 0. The molecular formula is C21H26O4. The van der Waals surface area contributed by atoms with Gasteiger partial charge < -0.3 is 18.9 Å². The standard InChI is InChI=1S/C21H26O4/c1-4-16(17-9-10-20-21(12-17)25-14-24-20)11-15(2)13-23-19-8-6-5-7-18(19)22-3/h5-10,12,15-16H,4,11,13-14H2,1-3H3. The number of ether oxygens (including phenoxy) is 4. The molecule has 2 aromatic carbocycles. The summed E-state index contributed by atoms with van der Waals surface area (Å²) in [5.41, 5.74) is 1.30. The van der Waals surface area contributed by atoms with Gasteiger partial charge in [0.25, 0.3) is 0 Å². The minimum Gasteiger partial charge on any atom is -0.493 e. The van der Waals surface area contributed by atoms with Gasteiger partial charge in [0.1, 0.15) is 0 Å². The van der Waals surface area contributed by atoms with E-state index in [1.807, 2.05) is 30.3 Å². The highest BCUT2D eigenvalue weighted by Crippen LogP contribution is 2.37. The van der Waals surface area contributed by atoms with E-state index in [9.17, 15) is 0 Å². The van der Waals surface area contributed by atoms with Crippen LogP contribution in [0.2, 0.25) is 0 Å². The highest BCUT2D eigenvalue weighted by molar-refractivity contribution is 5.45. The van der Waals surface area contributed by atoms with Gasteiger partial charge in [-0.3, -0.25) is 0 Å². The summed E-state index contributed by atoms with van der Waals surface area (Å²) in [5, 5.41) is 0. The van der Waals surface area contributed by atoms with E-state index in [1.54, 1.807) is 7.11 Å². The Labute approximate surface area is 149 Å². The van der Waals surface area contributed by atoms with Gasteiger partial charge in [-0.1, -0.05) is 32.0 Å². The van der Waals surface area contributed by atoms with Gasteiger partial charge in [0.2, 0.25) is 6.79 Å². The predicted octanol–water partition coefficient (Wildman–Crippen LogP) is 5.02. The maximum atomic E-state index is 5.98. The van der Waals surface area contributed by atoms with Crippen molar-refractivity contribution in [2.75, 3.05) is 20.5 Å². The highest BCUT2D eigenvalue weighted by atomic mass is 16.7. The lowest BCUT2D eigenvalue weighted by molar-refractivity contribution is 0.174. The fourth-order valence-corrected chi connectivity index (χ4v) is 3.23. The van der Waals surface area contributed by atoms with Crippen molar-refractivity contribution in [2.24, 2.45) is 5.92 Å². The van der Waals surface area contributed by atoms with Crippen molar-refractivity contribution in [1.82, 2.24) is 0 Å². The zero-order valence-electron chi connectivity index (χ0n) is 15.2. The summed E-state index contributed by atoms with van der Waals surface area (Å²) < 4.78 is 22.2. The Morgan fingerprint density at radius 3 is 2.56 bits per heavy atom. The molecule has 2 unspecified atom stereocenters. The van der Waals surface area contributed by atoms with E-state index in [1.165, 1.54) is 5.56 Å². The van der Waals surface area contributed by atoms with Crippen LogP contribution >= 0.6 is 0 Å². The third kappa shape index (κ3) is 4.19. The van der Waals surface area contributed by atoms with Gasteiger partial charge in [-0.2, -0.15) is 0 Å². The molecule has 25 heavy (non-hydrogen) atoms. The van der Waals surface area contributed by atoms with E-state index in [4.69, 9.17) is 18.9 Å². The third-order valence-corrected chi connectivity index (χ3v) is 4.64. The molecule has 2 aromatic rings. The van der Waals surface area contributed by atoms with Crippen LogP contribution in [0.3, 0.4) is 0 Å². The van der Waals surface area contributed by atoms with Gasteiger partial charge in [-0.15, -0.1) is 0 Å². The maximum absolute atomic E-state index is 5.98. The minimum absolute atomic E-state index is 0.318. The molecule has 1 heterocycles. The summed E-state index contributed by atoms with van der Waals surface area (Å²) >= 11 is 0. The summed E-state index contributed by atoms with van der Waals surface area (Å²) in [7, 11) is 1.67. The number of benzene rings is 2. The topological polar surface area (TPSA) is 36.9 Å². The molecule has 0 radical (unpaired) electrons. The Bertz CT molecular complexity index is 698. The van der Waals surface area contributed by atoms with E-state index in [-0.39, 0.29) is 0 Å². The van der Waals surface area contributed by atoms with Crippen LogP contribution < -0.4 is 18.9 Å². The molecule has 0 aliphatic carbocycles. The molecule has 134 valence electrons. The van der Waals surface area contributed by atoms with Crippen LogP contribution in [0, 0.1) is 5.92 Å². The average molecular weight is 342 g/mol. The number of para-hydroxylation sites is 2. The zero-order valence-corrected chi connectivity index (χ0v) is 15.2. The van der Waals surface area contributed by atoms with Gasteiger partial charge in [-0.25, -0.2) is 0 Å². The molecule has 0 amide bonds. The first-order chi connectivity index (χ1) is 12.2. The first-order valence-corrected chi connectivity index (χ1v) is 8.86. The molecule has 0 spiro atoms. The van der Waals surface area contributed by atoms with E-state index in [2.05, 4.69) is 26.0 Å². The molecule has 0 N–H and O–H groups in total. The fraction of sp³-hybridized carbons (Fsp3) is 0.429. The van der Waals surface area contributed by atoms with E-state index in [0.29, 0.717) is 25.2 Å². The molecule has 0 aromatic heterocycles. The van der Waals surface area contributed by atoms with Gasteiger partial charge in [-0.05, 0) is 54.5 Å². The van der Waals surface area contributed by atoms with Crippen LogP contribution in [0.4, 0.5) is 0 Å². The second-order valence-corrected chi connectivity index (χ2v) is 6.52. The van der Waals surface area contributed by atoms with Gasteiger partial charge >= 0.3 is 0 Å². The van der Waals surface area contributed by atoms with Crippen molar-refractivity contribution in [3.8, 4) is 23.0 Å². The Morgan fingerprint density at radius 1 is 1.04 bits per heavy atom. The van der Waals surface area contributed by atoms with Crippen LogP contribution in [-0.2, 0) is 0 Å². The fourth-order valence-electron chi connectivity index (χ4n) is 3.23. The Balaban J connectivity index is 1.59. The smallest absolute Gasteiger partial charge is 0.231 e. The second kappa shape index (κ2) is 8.15. The molecule has 0 saturated heterocycles. The van der Waals surface area contributed by atoms with E-state index < -0.39 is 0 Å². The van der Waals surface area contributed by atoms with Gasteiger partial charge in [0.15, 0.2) is 23.0 Å². The van der Waals surface area contributed by atoms with Crippen LogP contribution in [-0.4, -0.2) is 20.5 Å². The van der Waals surface area contributed by atoms with Crippen LogP contribution in [0.1, 0.15) is 38.2 Å². The molecule has 4 heteroatoms. The number of fused-ring (bicyclic) bond motifs is 1. The molecular weight excluding hydrogens is 316 g/mol.